The van der Waals surface area contributed by atoms with E-state index in [0.29, 0.717) is 19.3 Å². The minimum atomic E-state index is -5.69. The summed E-state index contributed by atoms with van der Waals surface area (Å²) in [6, 6.07) is 0. The van der Waals surface area contributed by atoms with Gasteiger partial charge in [-0.1, -0.05) is 219 Å². The Labute approximate surface area is 554 Å². The number of unbranched alkanes of at least 4 members (excludes halogenated alkanes) is 32. The number of carbonyl (C=O) groups excluding carboxylic acids is 3. The second kappa shape index (κ2) is 50.9. The van der Waals surface area contributed by atoms with Crippen LogP contribution in [0.4, 0.5) is 0 Å². The summed E-state index contributed by atoms with van der Waals surface area (Å²) in [6.07, 6.45) is 7.40. The highest BCUT2D eigenvalue weighted by Crippen LogP contribution is 2.49. The van der Waals surface area contributed by atoms with Crippen LogP contribution in [0.1, 0.15) is 271 Å². The summed E-state index contributed by atoms with van der Waals surface area (Å²) in [7, 11) is -5.69. The number of phosphoric ester groups is 1. The molecule has 2 aliphatic heterocycles. The van der Waals surface area contributed by atoms with Gasteiger partial charge in [-0.25, -0.2) is 4.57 Å². The zero-order valence-electron chi connectivity index (χ0n) is 56.5. The standard InChI is InChI=1S/C68H125O24P/c1-4-7-10-13-16-19-22-24-26-29-31-34-37-40-43-53(71)85-48-51-56(74)58(76)63(81)68(89-51)91-65-61(79)59(77)60(78)64(90-67-62(80)57(75)55(73)50(45-69)88-67)66(65)92-93(82,83)86-47-49(87-54(72)44-41-38-35-32-27-21-18-15-12-9-6-3)46-84-52(70)42-39-36-33-30-28-25-23-20-17-14-11-8-5-2/h25,28,49-51,55-69,73-81H,4-24,26-27,29-48H2,1-3H3,(H,82,83)/b28-25-. The molecule has 3 fully saturated rings. The molecule has 25 heteroatoms. The first-order valence-electron chi connectivity index (χ1n) is 36.0. The Balaban J connectivity index is 1.75. The molecule has 2 heterocycles. The predicted molar refractivity (Wildman–Crippen MR) is 347 cm³/mol. The molecule has 0 aromatic carbocycles. The summed E-state index contributed by atoms with van der Waals surface area (Å²) in [4.78, 5) is 50.8. The van der Waals surface area contributed by atoms with E-state index in [1.165, 1.54) is 116 Å². The molecule has 93 heavy (non-hydrogen) atoms. The molecule has 0 amide bonds. The summed E-state index contributed by atoms with van der Waals surface area (Å²) in [5.74, 6) is -2.00. The fourth-order valence-electron chi connectivity index (χ4n) is 11.9. The van der Waals surface area contributed by atoms with Gasteiger partial charge < -0.3 is 89.1 Å². The van der Waals surface area contributed by atoms with Crippen molar-refractivity contribution in [1.82, 2.24) is 0 Å². The zero-order valence-corrected chi connectivity index (χ0v) is 57.4. The van der Waals surface area contributed by atoms with Crippen LogP contribution in [0.3, 0.4) is 0 Å². The smallest absolute Gasteiger partial charge is 0.463 e. The lowest BCUT2D eigenvalue weighted by Gasteiger charge is -2.49. The van der Waals surface area contributed by atoms with Crippen molar-refractivity contribution in [3.05, 3.63) is 12.2 Å². The van der Waals surface area contributed by atoms with Gasteiger partial charge >= 0.3 is 25.7 Å². The summed E-state index contributed by atoms with van der Waals surface area (Å²) in [5.41, 5.74) is 0. The van der Waals surface area contributed by atoms with Crippen molar-refractivity contribution in [2.24, 2.45) is 0 Å². The number of ether oxygens (including phenoxy) is 7. The third kappa shape index (κ3) is 34.9. The van der Waals surface area contributed by atoms with Crippen molar-refractivity contribution in [3.63, 3.8) is 0 Å². The quantitative estimate of drug-likeness (QED) is 0.00890. The van der Waals surface area contributed by atoms with E-state index < -0.39 is 156 Å². The van der Waals surface area contributed by atoms with E-state index in [-0.39, 0.29) is 19.3 Å². The first kappa shape index (κ1) is 84.9. The third-order valence-corrected chi connectivity index (χ3v) is 18.8. The molecule has 0 spiro atoms. The van der Waals surface area contributed by atoms with Gasteiger partial charge in [0, 0.05) is 19.3 Å². The third-order valence-electron chi connectivity index (χ3n) is 17.8. The number of phosphoric acid groups is 1. The Bertz CT molecular complexity index is 1990. The van der Waals surface area contributed by atoms with Gasteiger partial charge in [-0.2, -0.15) is 0 Å². The lowest BCUT2D eigenvalue weighted by Crippen LogP contribution is -2.69. The molecule has 546 valence electrons. The molecule has 0 bridgehead atoms. The number of carbonyl (C=O) groups is 3. The maximum absolute atomic E-state index is 14.3. The molecular weight excluding hydrogens is 1230 g/mol. The fraction of sp³-hybridized carbons (Fsp3) is 0.926. The van der Waals surface area contributed by atoms with Crippen molar-refractivity contribution in [2.75, 3.05) is 26.4 Å². The minimum Gasteiger partial charge on any atom is -0.463 e. The van der Waals surface area contributed by atoms with Crippen molar-refractivity contribution >= 4 is 25.7 Å². The first-order valence-corrected chi connectivity index (χ1v) is 37.5. The van der Waals surface area contributed by atoms with Crippen LogP contribution in [0.2, 0.25) is 0 Å². The lowest BCUT2D eigenvalue weighted by molar-refractivity contribution is -0.360. The van der Waals surface area contributed by atoms with E-state index in [2.05, 4.69) is 32.9 Å². The molecule has 18 atom stereocenters. The van der Waals surface area contributed by atoms with Gasteiger partial charge in [0.25, 0.3) is 0 Å². The molecule has 3 aliphatic rings. The van der Waals surface area contributed by atoms with Crippen LogP contribution in [0.5, 0.6) is 0 Å². The topological polar surface area (TPSA) is 374 Å². The number of allylic oxidation sites excluding steroid dienone is 2. The number of aliphatic hydroxyl groups excluding tert-OH is 10. The van der Waals surface area contributed by atoms with Crippen molar-refractivity contribution in [3.8, 4) is 0 Å². The molecule has 3 rings (SSSR count). The molecule has 24 nitrogen and oxygen atoms in total. The number of hydrogen-bond donors (Lipinski definition) is 11. The van der Waals surface area contributed by atoms with E-state index in [1.807, 2.05) is 0 Å². The fourth-order valence-corrected chi connectivity index (χ4v) is 12.8. The highest BCUT2D eigenvalue weighted by molar-refractivity contribution is 7.47. The average Bonchev–Trinajstić information content (AvgIpc) is 0.772. The molecule has 0 radical (unpaired) electrons. The van der Waals surface area contributed by atoms with Crippen LogP contribution in [-0.4, -0.2) is 204 Å². The Morgan fingerprint density at radius 1 is 0.409 bits per heavy atom. The van der Waals surface area contributed by atoms with E-state index in [1.54, 1.807) is 0 Å². The monoisotopic (exact) mass is 1360 g/mol. The highest BCUT2D eigenvalue weighted by atomic mass is 31.2. The molecular formula is C68H125O24P. The number of esters is 3. The van der Waals surface area contributed by atoms with Crippen LogP contribution >= 0.6 is 7.82 Å². The van der Waals surface area contributed by atoms with Crippen LogP contribution in [0.25, 0.3) is 0 Å². The van der Waals surface area contributed by atoms with Crippen LogP contribution in [-0.2, 0) is 61.2 Å². The highest BCUT2D eigenvalue weighted by Gasteiger charge is 2.58. The maximum atomic E-state index is 14.3. The maximum Gasteiger partial charge on any atom is 0.472 e. The number of rotatable bonds is 55. The van der Waals surface area contributed by atoms with Crippen LogP contribution in [0, 0.1) is 0 Å². The summed E-state index contributed by atoms with van der Waals surface area (Å²) >= 11 is 0. The van der Waals surface area contributed by atoms with E-state index in [4.69, 9.17) is 42.2 Å². The molecule has 0 aromatic rings. The van der Waals surface area contributed by atoms with Gasteiger partial charge in [0.15, 0.2) is 18.7 Å². The largest absolute Gasteiger partial charge is 0.472 e. The van der Waals surface area contributed by atoms with Crippen molar-refractivity contribution < 1.29 is 117 Å². The zero-order chi connectivity index (χ0) is 68.2. The summed E-state index contributed by atoms with van der Waals surface area (Å²) in [6.45, 7) is 3.39. The van der Waals surface area contributed by atoms with Gasteiger partial charge in [-0.05, 0) is 44.9 Å². The molecule has 1 aliphatic carbocycles. The number of aliphatic hydroxyl groups is 10. The molecule has 11 N–H and O–H groups in total. The van der Waals surface area contributed by atoms with E-state index in [9.17, 15) is 74.9 Å². The second-order valence-electron chi connectivity index (χ2n) is 26.0. The molecule has 0 aromatic heterocycles. The summed E-state index contributed by atoms with van der Waals surface area (Å²) in [5, 5.41) is 110. The Kier molecular flexibility index (Phi) is 46.5. The normalized spacial score (nSPS) is 28.5. The second-order valence-corrected chi connectivity index (χ2v) is 27.4. The first-order chi connectivity index (χ1) is 44.8. The average molecular weight is 1360 g/mol. The van der Waals surface area contributed by atoms with Gasteiger partial charge in [-0.3, -0.25) is 23.4 Å². The SMILES string of the molecule is CCCCCCCC/C=C\CCCCCC(=O)OCC(COP(=O)(O)OC1C(OC2OC(CO)C(O)C(O)C2O)C(O)C(O)C(O)C1OC1OC(COC(=O)CCCCCCCCCCCCCCCC)C(O)C(O)C1O)OC(=O)CCCCCCCCCCCCC. The lowest BCUT2D eigenvalue weighted by atomic mass is 9.84. The van der Waals surface area contributed by atoms with E-state index in [0.717, 1.165) is 96.3 Å². The van der Waals surface area contributed by atoms with Gasteiger partial charge in [-0.15, -0.1) is 0 Å². The molecule has 1 saturated carbocycles. The van der Waals surface area contributed by atoms with Gasteiger partial charge in [0.05, 0.1) is 13.2 Å². The molecule has 2 saturated heterocycles. The molecule has 18 unspecified atom stereocenters. The van der Waals surface area contributed by atoms with Gasteiger partial charge in [0.2, 0.25) is 0 Å². The van der Waals surface area contributed by atoms with E-state index >= 15 is 0 Å². The Morgan fingerprint density at radius 2 is 0.753 bits per heavy atom. The van der Waals surface area contributed by atoms with Crippen LogP contribution < -0.4 is 0 Å². The Hall–Kier alpha value is -2.30. The predicted octanol–water partition coefficient (Wildman–Crippen LogP) is 8.79. The number of hydrogen-bond acceptors (Lipinski definition) is 23. The Morgan fingerprint density at radius 3 is 1.17 bits per heavy atom. The van der Waals surface area contributed by atoms with Crippen molar-refractivity contribution in [1.29, 1.82) is 0 Å². The summed E-state index contributed by atoms with van der Waals surface area (Å²) < 4.78 is 64.8. The van der Waals surface area contributed by atoms with Gasteiger partial charge in [0.1, 0.15) is 98.7 Å². The van der Waals surface area contributed by atoms with Crippen LogP contribution in [0.15, 0.2) is 12.2 Å². The minimum absolute atomic E-state index is 0.0274. The van der Waals surface area contributed by atoms with Crippen molar-refractivity contribution in [2.45, 2.75) is 375 Å².